The van der Waals surface area contributed by atoms with Gasteiger partial charge in [0.2, 0.25) is 0 Å². The van der Waals surface area contributed by atoms with Crippen LogP contribution < -0.4 is 5.73 Å². The SMILES string of the molecule is CC(Cc1ccc(Cl)cc1[N+](=O)[O-])C(N)c1ccccc1. The van der Waals surface area contributed by atoms with E-state index < -0.39 is 4.92 Å². The maximum Gasteiger partial charge on any atom is 0.274 e. The van der Waals surface area contributed by atoms with E-state index in [0.717, 1.165) is 5.56 Å². The third-order valence-electron chi connectivity index (χ3n) is 3.58. The first-order valence-electron chi connectivity index (χ1n) is 6.72. The van der Waals surface area contributed by atoms with Crippen molar-refractivity contribution >= 4 is 17.3 Å². The summed E-state index contributed by atoms with van der Waals surface area (Å²) in [5.41, 5.74) is 7.98. The number of halogens is 1. The highest BCUT2D eigenvalue weighted by Gasteiger charge is 2.20. The third-order valence-corrected chi connectivity index (χ3v) is 3.82. The van der Waals surface area contributed by atoms with Crippen molar-refractivity contribution in [3.63, 3.8) is 0 Å². The predicted octanol–water partition coefficient (Wildman–Crippen LogP) is 4.13. The lowest BCUT2D eigenvalue weighted by atomic mass is 9.89. The fraction of sp³-hybridized carbons (Fsp3) is 0.250. The minimum atomic E-state index is -0.401. The lowest BCUT2D eigenvalue weighted by molar-refractivity contribution is -0.385. The lowest BCUT2D eigenvalue weighted by Gasteiger charge is -2.20. The molecule has 0 aliphatic heterocycles. The molecule has 4 nitrogen and oxygen atoms in total. The molecule has 0 heterocycles. The number of nitro groups is 1. The number of hydrogen-bond acceptors (Lipinski definition) is 3. The Morgan fingerprint density at radius 3 is 2.52 bits per heavy atom. The summed E-state index contributed by atoms with van der Waals surface area (Å²) in [6.45, 7) is 2.00. The number of hydrogen-bond donors (Lipinski definition) is 1. The highest BCUT2D eigenvalue weighted by atomic mass is 35.5. The second-order valence-corrected chi connectivity index (χ2v) is 5.58. The molecule has 0 saturated heterocycles. The van der Waals surface area contributed by atoms with Gasteiger partial charge >= 0.3 is 0 Å². The second kappa shape index (κ2) is 6.70. The summed E-state index contributed by atoms with van der Waals surface area (Å²) in [6.07, 6.45) is 0.531. The Hall–Kier alpha value is -1.91. The monoisotopic (exact) mass is 304 g/mol. The molecule has 0 aliphatic rings. The summed E-state index contributed by atoms with van der Waals surface area (Å²) in [6, 6.07) is 14.3. The zero-order chi connectivity index (χ0) is 15.4. The molecule has 0 aliphatic carbocycles. The Kier molecular flexibility index (Phi) is 4.94. The zero-order valence-electron chi connectivity index (χ0n) is 11.7. The van der Waals surface area contributed by atoms with Gasteiger partial charge in [0, 0.05) is 22.7 Å². The van der Waals surface area contributed by atoms with Gasteiger partial charge in [0.15, 0.2) is 0 Å². The van der Waals surface area contributed by atoms with Crippen LogP contribution in [0.15, 0.2) is 48.5 Å². The van der Waals surface area contributed by atoms with Crippen molar-refractivity contribution in [3.8, 4) is 0 Å². The molecule has 0 radical (unpaired) electrons. The van der Waals surface area contributed by atoms with Crippen LogP contribution in [0.1, 0.15) is 24.1 Å². The zero-order valence-corrected chi connectivity index (χ0v) is 12.5. The summed E-state index contributed by atoms with van der Waals surface area (Å²) in [5, 5.41) is 11.5. The molecule has 110 valence electrons. The van der Waals surface area contributed by atoms with Crippen molar-refractivity contribution in [1.82, 2.24) is 0 Å². The molecule has 0 amide bonds. The molecule has 2 unspecified atom stereocenters. The molecular weight excluding hydrogens is 288 g/mol. The first kappa shape index (κ1) is 15.5. The van der Waals surface area contributed by atoms with E-state index in [1.165, 1.54) is 6.07 Å². The Labute approximate surface area is 128 Å². The minimum absolute atomic E-state index is 0.0506. The van der Waals surface area contributed by atoms with Gasteiger partial charge < -0.3 is 5.73 Å². The van der Waals surface area contributed by atoms with Crippen molar-refractivity contribution in [2.24, 2.45) is 11.7 Å². The van der Waals surface area contributed by atoms with E-state index in [0.29, 0.717) is 17.0 Å². The van der Waals surface area contributed by atoms with E-state index in [1.807, 2.05) is 37.3 Å². The van der Waals surface area contributed by atoms with E-state index in [9.17, 15) is 10.1 Å². The molecule has 0 spiro atoms. The van der Waals surface area contributed by atoms with Crippen LogP contribution >= 0.6 is 11.6 Å². The predicted molar refractivity (Wildman–Crippen MR) is 84.3 cm³/mol. The van der Waals surface area contributed by atoms with Crippen LogP contribution in [0.2, 0.25) is 5.02 Å². The quantitative estimate of drug-likeness (QED) is 0.667. The molecule has 2 aromatic carbocycles. The Balaban J connectivity index is 2.20. The first-order chi connectivity index (χ1) is 9.99. The molecule has 2 N–H and O–H groups in total. The van der Waals surface area contributed by atoms with Gasteiger partial charge in [-0.1, -0.05) is 54.9 Å². The summed E-state index contributed by atoms with van der Waals surface area (Å²) in [7, 11) is 0. The van der Waals surface area contributed by atoms with Crippen LogP contribution in [-0.2, 0) is 6.42 Å². The van der Waals surface area contributed by atoms with Crippen molar-refractivity contribution in [2.75, 3.05) is 0 Å². The molecule has 0 aromatic heterocycles. The highest BCUT2D eigenvalue weighted by Crippen LogP contribution is 2.29. The van der Waals surface area contributed by atoms with Crippen molar-refractivity contribution in [2.45, 2.75) is 19.4 Å². The van der Waals surface area contributed by atoms with Crippen LogP contribution in [-0.4, -0.2) is 4.92 Å². The van der Waals surface area contributed by atoms with E-state index in [2.05, 4.69) is 0 Å². The molecule has 2 atom stereocenters. The molecule has 0 bridgehead atoms. The normalized spacial score (nSPS) is 13.7. The summed E-state index contributed by atoms with van der Waals surface area (Å²) in [5.74, 6) is 0.0762. The fourth-order valence-corrected chi connectivity index (χ4v) is 2.52. The average molecular weight is 305 g/mol. The van der Waals surface area contributed by atoms with Crippen LogP contribution in [0.25, 0.3) is 0 Å². The Bertz CT molecular complexity index is 631. The molecule has 21 heavy (non-hydrogen) atoms. The van der Waals surface area contributed by atoms with E-state index in [4.69, 9.17) is 17.3 Å². The number of nitrogens with zero attached hydrogens (tertiary/aromatic N) is 1. The average Bonchev–Trinajstić information content (AvgIpc) is 2.49. The van der Waals surface area contributed by atoms with Gasteiger partial charge in [-0.2, -0.15) is 0 Å². The third kappa shape index (κ3) is 3.80. The van der Waals surface area contributed by atoms with E-state index >= 15 is 0 Å². The van der Waals surface area contributed by atoms with Gasteiger partial charge in [0.25, 0.3) is 5.69 Å². The summed E-state index contributed by atoms with van der Waals surface area (Å²) in [4.78, 5) is 10.7. The number of nitrogens with two attached hydrogens (primary N) is 1. The second-order valence-electron chi connectivity index (χ2n) is 5.15. The summed E-state index contributed by atoms with van der Waals surface area (Å²) < 4.78 is 0. The van der Waals surface area contributed by atoms with Gasteiger partial charge in [0.05, 0.1) is 4.92 Å². The van der Waals surface area contributed by atoms with Crippen LogP contribution in [0.4, 0.5) is 5.69 Å². The molecular formula is C16H17ClN2O2. The lowest BCUT2D eigenvalue weighted by Crippen LogP contribution is -2.21. The van der Waals surface area contributed by atoms with Gasteiger partial charge in [-0.05, 0) is 24.0 Å². The maximum atomic E-state index is 11.1. The molecule has 0 fully saturated rings. The highest BCUT2D eigenvalue weighted by molar-refractivity contribution is 6.30. The van der Waals surface area contributed by atoms with Gasteiger partial charge in [-0.25, -0.2) is 0 Å². The molecule has 2 rings (SSSR count). The molecule has 5 heteroatoms. The Morgan fingerprint density at radius 2 is 1.90 bits per heavy atom. The Morgan fingerprint density at radius 1 is 1.24 bits per heavy atom. The minimum Gasteiger partial charge on any atom is -0.324 e. The fourth-order valence-electron chi connectivity index (χ4n) is 2.36. The molecule has 2 aromatic rings. The van der Waals surface area contributed by atoms with Crippen LogP contribution in [0.5, 0.6) is 0 Å². The van der Waals surface area contributed by atoms with Gasteiger partial charge in [0.1, 0.15) is 0 Å². The largest absolute Gasteiger partial charge is 0.324 e. The van der Waals surface area contributed by atoms with Crippen LogP contribution in [0.3, 0.4) is 0 Å². The van der Waals surface area contributed by atoms with Gasteiger partial charge in [-0.3, -0.25) is 10.1 Å². The van der Waals surface area contributed by atoms with E-state index in [1.54, 1.807) is 12.1 Å². The summed E-state index contributed by atoms with van der Waals surface area (Å²) >= 11 is 5.83. The van der Waals surface area contributed by atoms with Crippen LogP contribution in [0, 0.1) is 16.0 Å². The molecule has 0 saturated carbocycles. The standard InChI is InChI=1S/C16H17ClN2O2/c1-11(16(18)12-5-3-2-4-6-12)9-13-7-8-14(17)10-15(13)19(20)21/h2-8,10-11,16H,9,18H2,1H3. The maximum absolute atomic E-state index is 11.1. The number of benzene rings is 2. The smallest absolute Gasteiger partial charge is 0.274 e. The van der Waals surface area contributed by atoms with Gasteiger partial charge in [-0.15, -0.1) is 0 Å². The first-order valence-corrected chi connectivity index (χ1v) is 7.10. The van der Waals surface area contributed by atoms with Crippen molar-refractivity contribution in [1.29, 1.82) is 0 Å². The number of nitro benzene ring substituents is 1. The van der Waals surface area contributed by atoms with Crippen molar-refractivity contribution in [3.05, 3.63) is 74.8 Å². The van der Waals surface area contributed by atoms with E-state index in [-0.39, 0.29) is 17.6 Å². The topological polar surface area (TPSA) is 69.2 Å². The van der Waals surface area contributed by atoms with Crippen molar-refractivity contribution < 1.29 is 4.92 Å². The number of rotatable bonds is 5.